The first-order valence-corrected chi connectivity index (χ1v) is 11.0. The number of halogens is 5. The smallest absolute Gasteiger partial charge is 0.416 e. The van der Waals surface area contributed by atoms with Crippen molar-refractivity contribution in [3.8, 4) is 23.0 Å². The fourth-order valence-corrected chi connectivity index (χ4v) is 3.52. The van der Waals surface area contributed by atoms with Gasteiger partial charge in [0.25, 0.3) is 0 Å². The molecule has 0 aliphatic rings. The second-order valence-corrected chi connectivity index (χ2v) is 7.69. The summed E-state index contributed by atoms with van der Waals surface area (Å²) in [5, 5.41) is 8.29. The van der Waals surface area contributed by atoms with Crippen molar-refractivity contribution in [2.24, 2.45) is 10.7 Å². The zero-order chi connectivity index (χ0) is 28.2. The molecule has 2 aromatic carbocycles. The van der Waals surface area contributed by atoms with Gasteiger partial charge in [0.2, 0.25) is 11.3 Å². The van der Waals surface area contributed by atoms with Crippen LogP contribution in [0.15, 0.2) is 89.1 Å². The quantitative estimate of drug-likeness (QED) is 0.255. The van der Waals surface area contributed by atoms with Gasteiger partial charge in [-0.25, -0.2) is 14.4 Å². The highest BCUT2D eigenvalue weighted by molar-refractivity contribution is 6.08. The van der Waals surface area contributed by atoms with E-state index in [0.29, 0.717) is 11.4 Å². The van der Waals surface area contributed by atoms with Crippen LogP contribution in [-0.4, -0.2) is 39.0 Å². The molecule has 0 unspecified atom stereocenters. The van der Waals surface area contributed by atoms with Gasteiger partial charge in [-0.15, -0.1) is 0 Å². The molecule has 0 saturated heterocycles. The minimum absolute atomic E-state index is 0.0718. The van der Waals surface area contributed by atoms with Crippen LogP contribution in [0.2, 0.25) is 0 Å². The molecule has 2 aromatic heterocycles. The van der Waals surface area contributed by atoms with Crippen molar-refractivity contribution in [3.05, 3.63) is 101 Å². The monoisotopic (exact) mass is 546 g/mol. The zero-order valence-electron chi connectivity index (χ0n) is 20.0. The summed E-state index contributed by atoms with van der Waals surface area (Å²) < 4.78 is 77.2. The van der Waals surface area contributed by atoms with Gasteiger partial charge in [-0.2, -0.15) is 32.1 Å². The van der Waals surface area contributed by atoms with Crippen molar-refractivity contribution in [1.29, 1.82) is 0 Å². The predicted molar refractivity (Wildman–Crippen MR) is 131 cm³/mol. The summed E-state index contributed by atoms with van der Waals surface area (Å²) in [6, 6.07) is 11.2. The number of methoxy groups -OCH3 is 1. The molecule has 0 fully saturated rings. The first kappa shape index (κ1) is 27.0. The highest BCUT2D eigenvalue weighted by Crippen LogP contribution is 2.32. The topological polar surface area (TPSA) is 110 Å². The Kier molecular flexibility index (Phi) is 7.74. The Labute approximate surface area is 217 Å². The van der Waals surface area contributed by atoms with Gasteiger partial charge < -0.3 is 15.2 Å². The third-order valence-electron chi connectivity index (χ3n) is 5.20. The van der Waals surface area contributed by atoms with Crippen LogP contribution in [0.1, 0.15) is 11.3 Å². The van der Waals surface area contributed by atoms with Crippen LogP contribution in [0, 0.1) is 0 Å². The zero-order valence-corrected chi connectivity index (χ0v) is 20.0. The maximum atomic E-state index is 13.1. The number of nitrogens with two attached hydrogens (primary N) is 1. The maximum absolute atomic E-state index is 13.1. The van der Waals surface area contributed by atoms with Crippen molar-refractivity contribution < 1.29 is 31.4 Å². The minimum Gasteiger partial charge on any atom is -0.494 e. The molecule has 0 aliphatic heterocycles. The van der Waals surface area contributed by atoms with Crippen LogP contribution in [-0.2, 0) is 6.18 Å². The molecule has 39 heavy (non-hydrogen) atoms. The van der Waals surface area contributed by atoms with Gasteiger partial charge in [0.05, 0.1) is 36.0 Å². The van der Waals surface area contributed by atoms with Crippen LogP contribution in [0.4, 0.5) is 27.6 Å². The predicted octanol–water partition coefficient (Wildman–Crippen LogP) is 4.64. The van der Waals surface area contributed by atoms with Gasteiger partial charge in [-0.3, -0.25) is 4.79 Å². The molecule has 9 nitrogen and oxygen atoms in total. The molecule has 4 aromatic rings. The molecule has 2 heterocycles. The van der Waals surface area contributed by atoms with Gasteiger partial charge in [-0.05, 0) is 42.6 Å². The van der Waals surface area contributed by atoms with E-state index in [1.807, 2.05) is 0 Å². The summed E-state index contributed by atoms with van der Waals surface area (Å²) in [6.45, 7) is -3.06. The van der Waals surface area contributed by atoms with Crippen LogP contribution >= 0.6 is 0 Å². The standard InChI is InChI=1S/C25H19F5N6O3/c1-38-21-14-17(36-22(8-11-32-36)39-24(26)27)5-6-19(21)35-12-9-20(37)23(34-35)18(7-10-31)33-16-4-2-3-15(13-16)25(28,29)30/h2-14,24H,31H2,1H3. The number of rotatable bonds is 8. The summed E-state index contributed by atoms with van der Waals surface area (Å²) in [5.74, 6) is 0.0198. The first-order valence-electron chi connectivity index (χ1n) is 11.0. The lowest BCUT2D eigenvalue weighted by atomic mass is 10.2. The van der Waals surface area contributed by atoms with E-state index < -0.39 is 23.8 Å². The third kappa shape index (κ3) is 6.11. The fourth-order valence-electron chi connectivity index (χ4n) is 3.52. The molecule has 0 amide bonds. The van der Waals surface area contributed by atoms with E-state index in [1.165, 1.54) is 72.7 Å². The second kappa shape index (κ2) is 11.2. The fraction of sp³-hybridized carbons (Fsp3) is 0.120. The lowest BCUT2D eigenvalue weighted by Gasteiger charge is -2.14. The van der Waals surface area contributed by atoms with Crippen LogP contribution in [0.5, 0.6) is 11.6 Å². The first-order chi connectivity index (χ1) is 18.6. The third-order valence-corrected chi connectivity index (χ3v) is 5.20. The van der Waals surface area contributed by atoms with Crippen LogP contribution in [0.3, 0.4) is 0 Å². The van der Waals surface area contributed by atoms with E-state index in [0.717, 1.165) is 23.0 Å². The molecular formula is C25H19F5N6O3. The van der Waals surface area contributed by atoms with Gasteiger partial charge in [0.15, 0.2) is 5.69 Å². The van der Waals surface area contributed by atoms with E-state index in [4.69, 9.17) is 10.5 Å². The Morgan fingerprint density at radius 1 is 1.13 bits per heavy atom. The van der Waals surface area contributed by atoms with E-state index >= 15 is 0 Å². The number of ether oxygens (including phenoxy) is 2. The Morgan fingerprint density at radius 3 is 2.62 bits per heavy atom. The molecule has 2 N–H and O–H groups in total. The second-order valence-electron chi connectivity index (χ2n) is 7.69. The Bertz CT molecular complexity index is 1590. The largest absolute Gasteiger partial charge is 0.494 e. The number of benzene rings is 2. The maximum Gasteiger partial charge on any atom is 0.416 e. The molecule has 14 heteroatoms. The molecule has 4 rings (SSSR count). The molecule has 0 saturated carbocycles. The summed E-state index contributed by atoms with van der Waals surface area (Å²) in [7, 11) is 1.36. The number of aliphatic imine (C=N–C) groups is 1. The SMILES string of the molecule is COc1cc(-n2nccc2OC(F)F)ccc1-n1ccc(=O)c(C(C=CN)=Nc2cccc(C(F)(F)F)c2)n1. The molecule has 202 valence electrons. The summed E-state index contributed by atoms with van der Waals surface area (Å²) in [5.41, 5.74) is 4.32. The van der Waals surface area contributed by atoms with Crippen molar-refractivity contribution >= 4 is 11.4 Å². The molecular weight excluding hydrogens is 527 g/mol. The van der Waals surface area contributed by atoms with E-state index in [9.17, 15) is 26.7 Å². The van der Waals surface area contributed by atoms with E-state index in [-0.39, 0.29) is 28.7 Å². The lowest BCUT2D eigenvalue weighted by molar-refractivity contribution is -0.137. The average molecular weight is 546 g/mol. The van der Waals surface area contributed by atoms with Crippen LogP contribution < -0.4 is 20.6 Å². The number of nitrogens with zero attached hydrogens (tertiary/aromatic N) is 5. The number of hydrogen-bond donors (Lipinski definition) is 1. The molecule has 0 aliphatic carbocycles. The van der Waals surface area contributed by atoms with Gasteiger partial charge in [-0.1, -0.05) is 6.07 Å². The molecule has 0 radical (unpaired) electrons. The van der Waals surface area contributed by atoms with Crippen molar-refractivity contribution in [3.63, 3.8) is 0 Å². The Morgan fingerprint density at radius 2 is 1.92 bits per heavy atom. The number of allylic oxidation sites excluding steroid dienone is 1. The van der Waals surface area contributed by atoms with Crippen molar-refractivity contribution in [2.75, 3.05) is 7.11 Å². The van der Waals surface area contributed by atoms with Gasteiger partial charge in [0.1, 0.15) is 11.4 Å². The number of aromatic nitrogens is 4. The van der Waals surface area contributed by atoms with Gasteiger partial charge in [0, 0.05) is 24.4 Å². The molecule has 0 spiro atoms. The van der Waals surface area contributed by atoms with E-state index in [2.05, 4.69) is 19.9 Å². The molecule has 0 atom stereocenters. The normalized spacial score (nSPS) is 12.3. The summed E-state index contributed by atoms with van der Waals surface area (Å²) in [4.78, 5) is 16.9. The minimum atomic E-state index is -4.58. The highest BCUT2D eigenvalue weighted by atomic mass is 19.4. The summed E-state index contributed by atoms with van der Waals surface area (Å²) in [6.07, 6.45) is 0.346. The van der Waals surface area contributed by atoms with E-state index in [1.54, 1.807) is 0 Å². The number of alkyl halides is 5. The highest BCUT2D eigenvalue weighted by Gasteiger charge is 2.30. The summed E-state index contributed by atoms with van der Waals surface area (Å²) >= 11 is 0. The Balaban J connectivity index is 1.77. The lowest BCUT2D eigenvalue weighted by Crippen LogP contribution is -2.20. The van der Waals surface area contributed by atoms with Crippen molar-refractivity contribution in [2.45, 2.75) is 12.8 Å². The molecule has 0 bridgehead atoms. The Hall–Kier alpha value is -5.01. The van der Waals surface area contributed by atoms with Gasteiger partial charge >= 0.3 is 12.8 Å². The number of hydrogen-bond acceptors (Lipinski definition) is 7. The average Bonchev–Trinajstić information content (AvgIpc) is 3.35. The van der Waals surface area contributed by atoms with Crippen molar-refractivity contribution in [1.82, 2.24) is 19.6 Å². The van der Waals surface area contributed by atoms with Crippen LogP contribution in [0.25, 0.3) is 11.4 Å².